The van der Waals surface area contributed by atoms with Crippen LogP contribution in [0.5, 0.6) is 0 Å². The monoisotopic (exact) mass is 594 g/mol. The van der Waals surface area contributed by atoms with Crippen LogP contribution in [-0.4, -0.2) is 6.17 Å². The van der Waals surface area contributed by atoms with Crippen LogP contribution in [0.3, 0.4) is 0 Å². The molecular weight excluding hydrogens is 564 g/mol. The number of nitrogens with two attached hydrogens (primary N) is 1. The summed E-state index contributed by atoms with van der Waals surface area (Å²) in [6.45, 7) is 0. The first-order valence-corrected chi connectivity index (χ1v) is 15.3. The van der Waals surface area contributed by atoms with E-state index < -0.39 is 0 Å². The fraction of sp³-hybridized carbons (Fsp3) is 0.0488. The van der Waals surface area contributed by atoms with Gasteiger partial charge in [0.15, 0.2) is 0 Å². The number of furan rings is 1. The number of para-hydroxylation sites is 1. The summed E-state index contributed by atoms with van der Waals surface area (Å²) in [4.78, 5) is 0. The number of benzene rings is 6. The van der Waals surface area contributed by atoms with Gasteiger partial charge in [-0.3, -0.25) is 5.32 Å². The molecule has 0 amide bonds. The van der Waals surface area contributed by atoms with Crippen LogP contribution in [-0.2, 0) is 0 Å². The Bertz CT molecular complexity index is 2340. The van der Waals surface area contributed by atoms with Crippen molar-refractivity contribution < 1.29 is 4.42 Å². The molecule has 0 aliphatic carbocycles. The van der Waals surface area contributed by atoms with E-state index in [1.54, 1.807) is 0 Å². The van der Waals surface area contributed by atoms with E-state index in [0.29, 0.717) is 5.56 Å². The molecule has 0 radical (unpaired) electrons. The number of fused-ring (bicyclic) bond motifs is 4. The van der Waals surface area contributed by atoms with Crippen molar-refractivity contribution in [1.82, 2.24) is 10.6 Å². The number of hydrogen-bond donors (Lipinski definition) is 3. The van der Waals surface area contributed by atoms with Gasteiger partial charge in [-0.1, -0.05) is 91.0 Å². The molecule has 46 heavy (non-hydrogen) atoms. The van der Waals surface area contributed by atoms with Crippen molar-refractivity contribution in [2.75, 3.05) is 0 Å². The first-order chi connectivity index (χ1) is 22.6. The van der Waals surface area contributed by atoms with Gasteiger partial charge < -0.3 is 15.5 Å². The smallest absolute Gasteiger partial charge is 0.143 e. The maximum Gasteiger partial charge on any atom is 0.143 e. The van der Waals surface area contributed by atoms with Crippen LogP contribution in [0.4, 0.5) is 0 Å². The molecule has 4 N–H and O–H groups in total. The third-order valence-corrected chi connectivity index (χ3v) is 8.74. The maximum absolute atomic E-state index is 9.19. The topological polar surface area (TPSA) is 87.0 Å². The van der Waals surface area contributed by atoms with E-state index in [9.17, 15) is 5.26 Å². The van der Waals surface area contributed by atoms with Gasteiger partial charge >= 0.3 is 0 Å². The molecule has 6 aromatic carbocycles. The van der Waals surface area contributed by atoms with Crippen molar-refractivity contribution in [1.29, 1.82) is 5.26 Å². The van der Waals surface area contributed by atoms with Crippen molar-refractivity contribution >= 4 is 32.7 Å². The molecule has 2 unspecified atom stereocenters. The lowest BCUT2D eigenvalue weighted by Gasteiger charge is -2.22. The standard InChI is InChI=1S/C41H30N4O/c42-25-26-7-9-28(10-8-26)35-4-3-5-36-37-24-34(19-20-38(37)46-40(35)36)33-18-17-31-22-30(15-16-32(31)23-33)27-11-13-29(14-12-27)41(43)45-39-6-1-2-21-44-39/h1-24,39,41,44-45H,43H2. The number of rotatable bonds is 6. The Kier molecular flexibility index (Phi) is 6.92. The predicted octanol–water partition coefficient (Wildman–Crippen LogP) is 9.16. The van der Waals surface area contributed by atoms with Gasteiger partial charge in [0.05, 0.1) is 24.0 Å². The molecule has 0 bridgehead atoms. The van der Waals surface area contributed by atoms with E-state index in [1.807, 2.05) is 48.7 Å². The van der Waals surface area contributed by atoms with E-state index in [0.717, 1.165) is 55.3 Å². The zero-order valence-corrected chi connectivity index (χ0v) is 24.9. The van der Waals surface area contributed by atoms with Gasteiger partial charge in [0.2, 0.25) is 0 Å². The zero-order chi connectivity index (χ0) is 31.0. The summed E-state index contributed by atoms with van der Waals surface area (Å²) in [6, 6.07) is 44.2. The molecule has 7 aromatic rings. The molecule has 1 aliphatic rings. The highest BCUT2D eigenvalue weighted by Gasteiger charge is 2.14. The normalized spacial score (nSPS) is 14.8. The molecular formula is C41H30N4O. The Hall–Kier alpha value is -5.93. The Balaban J connectivity index is 1.06. The average Bonchev–Trinajstić information content (AvgIpc) is 3.50. The number of hydrogen-bond acceptors (Lipinski definition) is 5. The van der Waals surface area contributed by atoms with Gasteiger partial charge in [0.25, 0.3) is 0 Å². The van der Waals surface area contributed by atoms with Crippen LogP contribution in [0.1, 0.15) is 17.3 Å². The average molecular weight is 595 g/mol. The summed E-state index contributed by atoms with van der Waals surface area (Å²) < 4.78 is 6.38. The van der Waals surface area contributed by atoms with Gasteiger partial charge in [-0.15, -0.1) is 0 Å². The second-order valence-corrected chi connectivity index (χ2v) is 11.6. The van der Waals surface area contributed by atoms with E-state index in [1.165, 1.54) is 16.3 Å². The third kappa shape index (κ3) is 5.12. The van der Waals surface area contributed by atoms with Gasteiger partial charge in [-0.2, -0.15) is 5.26 Å². The molecule has 2 atom stereocenters. The highest BCUT2D eigenvalue weighted by atomic mass is 16.3. The minimum absolute atomic E-state index is 0.0129. The molecule has 0 saturated carbocycles. The van der Waals surface area contributed by atoms with Crippen molar-refractivity contribution in [2.24, 2.45) is 5.73 Å². The second-order valence-electron chi connectivity index (χ2n) is 11.6. The van der Waals surface area contributed by atoms with E-state index in [-0.39, 0.29) is 12.3 Å². The highest BCUT2D eigenvalue weighted by molar-refractivity contribution is 6.10. The summed E-state index contributed by atoms with van der Waals surface area (Å²) >= 11 is 0. The Morgan fingerprint density at radius 1 is 0.696 bits per heavy atom. The summed E-state index contributed by atoms with van der Waals surface area (Å²) in [5.41, 5.74) is 16.5. The highest BCUT2D eigenvalue weighted by Crippen LogP contribution is 2.38. The Labute approximate surface area is 266 Å². The number of nitrogens with zero attached hydrogens (tertiary/aromatic N) is 1. The van der Waals surface area contributed by atoms with E-state index in [4.69, 9.17) is 10.2 Å². The van der Waals surface area contributed by atoms with Crippen molar-refractivity contribution in [3.05, 3.63) is 157 Å². The Morgan fingerprint density at radius 2 is 1.37 bits per heavy atom. The van der Waals surface area contributed by atoms with Crippen LogP contribution in [0.25, 0.3) is 66.1 Å². The van der Waals surface area contributed by atoms with Gasteiger partial charge in [-0.05, 0) is 98.9 Å². The SMILES string of the molecule is N#Cc1ccc(-c2cccc3c2oc2ccc(-c4ccc5cc(-c6ccc(C(N)NC7C=CC=CN7)cc6)ccc5c4)cc23)cc1. The van der Waals surface area contributed by atoms with Crippen molar-refractivity contribution in [3.8, 4) is 39.4 Å². The molecule has 8 rings (SSSR count). The van der Waals surface area contributed by atoms with Gasteiger partial charge in [-0.25, -0.2) is 0 Å². The number of dihydropyridines is 1. The van der Waals surface area contributed by atoms with Crippen LogP contribution >= 0.6 is 0 Å². The maximum atomic E-state index is 9.19. The third-order valence-electron chi connectivity index (χ3n) is 8.74. The Morgan fingerprint density at radius 3 is 2.09 bits per heavy atom. The molecule has 1 aromatic heterocycles. The second kappa shape index (κ2) is 11.5. The fourth-order valence-electron chi connectivity index (χ4n) is 6.26. The number of nitriles is 1. The number of allylic oxidation sites excluding steroid dienone is 2. The van der Waals surface area contributed by atoms with E-state index >= 15 is 0 Å². The van der Waals surface area contributed by atoms with Gasteiger partial charge in [0.1, 0.15) is 11.2 Å². The molecule has 5 nitrogen and oxygen atoms in total. The lowest BCUT2D eigenvalue weighted by Crippen LogP contribution is -2.44. The molecule has 0 spiro atoms. The number of nitrogens with one attached hydrogen (secondary N) is 2. The largest absolute Gasteiger partial charge is 0.455 e. The van der Waals surface area contributed by atoms with Crippen molar-refractivity contribution in [3.63, 3.8) is 0 Å². The van der Waals surface area contributed by atoms with Gasteiger partial charge in [0, 0.05) is 16.3 Å². The molecule has 2 heterocycles. The van der Waals surface area contributed by atoms with Crippen LogP contribution < -0.4 is 16.4 Å². The minimum Gasteiger partial charge on any atom is -0.455 e. The molecule has 5 heteroatoms. The summed E-state index contributed by atoms with van der Waals surface area (Å²) in [5, 5.41) is 20.3. The zero-order valence-electron chi connectivity index (χ0n) is 24.9. The first-order valence-electron chi connectivity index (χ1n) is 15.3. The lowest BCUT2D eigenvalue weighted by molar-refractivity contribution is 0.465. The molecule has 1 aliphatic heterocycles. The molecule has 0 saturated heterocycles. The quantitative estimate of drug-likeness (QED) is 0.167. The van der Waals surface area contributed by atoms with Crippen LogP contribution in [0.2, 0.25) is 0 Å². The fourth-order valence-corrected chi connectivity index (χ4v) is 6.26. The summed E-state index contributed by atoms with van der Waals surface area (Å²) in [5.74, 6) is 0. The first kappa shape index (κ1) is 27.6. The lowest BCUT2D eigenvalue weighted by atomic mass is 9.96. The minimum atomic E-state index is -0.276. The van der Waals surface area contributed by atoms with Crippen LogP contribution in [0.15, 0.2) is 150 Å². The summed E-state index contributed by atoms with van der Waals surface area (Å²) in [7, 11) is 0. The van der Waals surface area contributed by atoms with Crippen molar-refractivity contribution in [2.45, 2.75) is 12.3 Å². The predicted molar refractivity (Wildman–Crippen MR) is 188 cm³/mol. The summed E-state index contributed by atoms with van der Waals surface area (Å²) in [6.07, 6.45) is 7.65. The van der Waals surface area contributed by atoms with E-state index in [2.05, 4.69) is 114 Å². The molecule has 0 fully saturated rings. The van der Waals surface area contributed by atoms with Crippen LogP contribution in [0, 0.1) is 11.3 Å². The molecule has 220 valence electrons.